The largest absolute Gasteiger partial charge is 0.371 e. The van der Waals surface area contributed by atoms with E-state index in [0.717, 1.165) is 51.0 Å². The molecule has 150 valence electrons. The third kappa shape index (κ3) is 6.86. The average Bonchev–Trinajstić information content (AvgIpc) is 2.65. The van der Waals surface area contributed by atoms with E-state index in [-0.39, 0.29) is 11.8 Å². The number of hydrogen-bond donors (Lipinski definition) is 3. The third-order valence-electron chi connectivity index (χ3n) is 4.84. The van der Waals surface area contributed by atoms with E-state index in [4.69, 9.17) is 0 Å². The molecule has 2 amide bonds. The molecule has 0 unspecified atom stereocenters. The molecule has 0 atom stereocenters. The van der Waals surface area contributed by atoms with Crippen LogP contribution < -0.4 is 20.4 Å². The van der Waals surface area contributed by atoms with Crippen LogP contribution in [-0.2, 0) is 4.79 Å². The van der Waals surface area contributed by atoms with Crippen LogP contribution >= 0.6 is 0 Å². The number of nitrogens with one attached hydrogen (secondary N) is 3. The highest BCUT2D eigenvalue weighted by atomic mass is 16.2. The van der Waals surface area contributed by atoms with E-state index >= 15 is 0 Å². The number of rotatable bonds is 9. The van der Waals surface area contributed by atoms with E-state index in [1.54, 1.807) is 0 Å². The van der Waals surface area contributed by atoms with Crippen LogP contribution in [0.5, 0.6) is 0 Å². The first-order chi connectivity index (χ1) is 13.0. The minimum Gasteiger partial charge on any atom is -0.371 e. The Bertz CT molecular complexity index is 625. The van der Waals surface area contributed by atoms with Gasteiger partial charge in [-0.3, -0.25) is 9.59 Å². The van der Waals surface area contributed by atoms with Crippen LogP contribution in [0.2, 0.25) is 0 Å². The molecule has 27 heavy (non-hydrogen) atoms. The Morgan fingerprint density at radius 3 is 2.56 bits per heavy atom. The number of quaternary nitrogens is 1. The monoisotopic (exact) mass is 375 g/mol. The van der Waals surface area contributed by atoms with Gasteiger partial charge in [-0.15, -0.1) is 0 Å². The van der Waals surface area contributed by atoms with Gasteiger partial charge in [-0.2, -0.15) is 0 Å². The molecule has 0 aromatic heterocycles. The second-order valence-corrected chi connectivity index (χ2v) is 7.64. The SMILES string of the molecule is CCCC(=O)Nc1ccc(N2CCCCC2)c(C(=O)NCCC[NH+](C)C)c1. The predicted octanol–water partition coefficient (Wildman–Crippen LogP) is 1.68. The molecule has 2 rings (SSSR count). The Morgan fingerprint density at radius 2 is 1.89 bits per heavy atom. The molecule has 0 radical (unpaired) electrons. The summed E-state index contributed by atoms with van der Waals surface area (Å²) in [5, 5.41) is 5.96. The van der Waals surface area contributed by atoms with E-state index in [1.165, 1.54) is 11.3 Å². The van der Waals surface area contributed by atoms with Gasteiger partial charge in [0.2, 0.25) is 5.91 Å². The summed E-state index contributed by atoms with van der Waals surface area (Å²) >= 11 is 0. The van der Waals surface area contributed by atoms with Crippen molar-refractivity contribution in [1.82, 2.24) is 5.32 Å². The Kier molecular flexibility index (Phi) is 8.58. The molecular formula is C21H35N4O2+. The summed E-state index contributed by atoms with van der Waals surface area (Å²) in [5.41, 5.74) is 2.32. The molecule has 1 heterocycles. The van der Waals surface area contributed by atoms with Gasteiger partial charge in [0.15, 0.2) is 0 Å². The van der Waals surface area contributed by atoms with E-state index < -0.39 is 0 Å². The first-order valence-corrected chi connectivity index (χ1v) is 10.3. The van der Waals surface area contributed by atoms with Gasteiger partial charge < -0.3 is 20.4 Å². The lowest BCUT2D eigenvalue weighted by Gasteiger charge is -2.30. The molecule has 1 aliphatic heterocycles. The zero-order chi connectivity index (χ0) is 19.6. The topological polar surface area (TPSA) is 65.9 Å². The summed E-state index contributed by atoms with van der Waals surface area (Å²) in [6, 6.07) is 5.71. The van der Waals surface area contributed by atoms with Gasteiger partial charge in [0.1, 0.15) is 0 Å². The second kappa shape index (κ2) is 10.9. The number of piperidine rings is 1. The van der Waals surface area contributed by atoms with Gasteiger partial charge in [-0.1, -0.05) is 6.92 Å². The summed E-state index contributed by atoms with van der Waals surface area (Å²) in [7, 11) is 4.22. The van der Waals surface area contributed by atoms with Crippen LogP contribution in [0.3, 0.4) is 0 Å². The number of amides is 2. The highest BCUT2D eigenvalue weighted by Gasteiger charge is 2.19. The van der Waals surface area contributed by atoms with Crippen molar-refractivity contribution in [2.24, 2.45) is 0 Å². The third-order valence-corrected chi connectivity index (χ3v) is 4.84. The van der Waals surface area contributed by atoms with Gasteiger partial charge in [-0.05, 0) is 43.9 Å². The number of carbonyl (C=O) groups excluding carboxylic acids is 2. The molecule has 1 fully saturated rings. The van der Waals surface area contributed by atoms with Crippen molar-refractivity contribution < 1.29 is 14.5 Å². The van der Waals surface area contributed by atoms with Crippen LogP contribution in [0.1, 0.15) is 55.8 Å². The lowest BCUT2D eigenvalue weighted by molar-refractivity contribution is -0.858. The van der Waals surface area contributed by atoms with E-state index in [1.807, 2.05) is 25.1 Å². The summed E-state index contributed by atoms with van der Waals surface area (Å²) in [6.07, 6.45) is 5.79. The van der Waals surface area contributed by atoms with Crippen molar-refractivity contribution >= 4 is 23.2 Å². The Morgan fingerprint density at radius 1 is 1.15 bits per heavy atom. The molecule has 0 bridgehead atoms. The van der Waals surface area contributed by atoms with Crippen LogP contribution in [0.25, 0.3) is 0 Å². The molecule has 1 aliphatic rings. The fourth-order valence-electron chi connectivity index (χ4n) is 3.40. The second-order valence-electron chi connectivity index (χ2n) is 7.64. The van der Waals surface area contributed by atoms with Crippen molar-refractivity contribution in [3.8, 4) is 0 Å². The molecule has 1 saturated heterocycles. The maximum absolute atomic E-state index is 12.9. The van der Waals surface area contributed by atoms with Gasteiger partial charge in [0, 0.05) is 43.9 Å². The molecular weight excluding hydrogens is 340 g/mol. The van der Waals surface area contributed by atoms with Crippen LogP contribution in [0, 0.1) is 0 Å². The molecule has 3 N–H and O–H groups in total. The molecule has 0 saturated carbocycles. The van der Waals surface area contributed by atoms with Crippen LogP contribution in [0.4, 0.5) is 11.4 Å². The smallest absolute Gasteiger partial charge is 0.253 e. The highest BCUT2D eigenvalue weighted by molar-refractivity contribution is 6.02. The quantitative estimate of drug-likeness (QED) is 0.576. The minimum atomic E-state index is -0.0593. The predicted molar refractivity (Wildman–Crippen MR) is 111 cm³/mol. The molecule has 0 spiro atoms. The van der Waals surface area contributed by atoms with Gasteiger partial charge in [0.05, 0.1) is 26.2 Å². The zero-order valence-electron chi connectivity index (χ0n) is 17.1. The van der Waals surface area contributed by atoms with E-state index in [0.29, 0.717) is 24.2 Å². The van der Waals surface area contributed by atoms with Gasteiger partial charge in [0.25, 0.3) is 5.91 Å². The number of benzene rings is 1. The summed E-state index contributed by atoms with van der Waals surface area (Å²) < 4.78 is 0. The lowest BCUT2D eigenvalue weighted by atomic mass is 10.1. The average molecular weight is 376 g/mol. The lowest BCUT2D eigenvalue weighted by Crippen LogP contribution is -3.05. The number of anilines is 2. The summed E-state index contributed by atoms with van der Waals surface area (Å²) in [5.74, 6) is -0.0699. The molecule has 0 aliphatic carbocycles. The number of nitrogens with zero attached hydrogens (tertiary/aromatic N) is 1. The summed E-state index contributed by atoms with van der Waals surface area (Å²) in [6.45, 7) is 5.62. The van der Waals surface area contributed by atoms with E-state index in [2.05, 4.69) is 29.6 Å². The normalized spacial score (nSPS) is 14.3. The Balaban J connectivity index is 2.14. The van der Waals surface area contributed by atoms with Crippen molar-refractivity contribution in [1.29, 1.82) is 0 Å². The van der Waals surface area contributed by atoms with Crippen LogP contribution in [-0.4, -0.2) is 52.1 Å². The standard InChI is InChI=1S/C21H34N4O2/c1-4-9-20(26)23-17-10-11-19(25-14-6-5-7-15-25)18(16-17)21(27)22-12-8-13-24(2)3/h10-11,16H,4-9,12-15H2,1-3H3,(H,22,27)(H,23,26)/p+1. The minimum absolute atomic E-state index is 0.0106. The van der Waals surface area contributed by atoms with Crippen molar-refractivity contribution in [2.45, 2.75) is 45.4 Å². The molecule has 1 aromatic rings. The number of carbonyl (C=O) groups is 2. The fraction of sp³-hybridized carbons (Fsp3) is 0.619. The van der Waals surface area contributed by atoms with Gasteiger partial charge in [-0.25, -0.2) is 0 Å². The van der Waals surface area contributed by atoms with Gasteiger partial charge >= 0.3 is 0 Å². The van der Waals surface area contributed by atoms with E-state index in [9.17, 15) is 9.59 Å². The first-order valence-electron chi connectivity index (χ1n) is 10.3. The molecule has 6 nitrogen and oxygen atoms in total. The highest BCUT2D eigenvalue weighted by Crippen LogP contribution is 2.27. The summed E-state index contributed by atoms with van der Waals surface area (Å²) in [4.78, 5) is 28.5. The number of hydrogen-bond acceptors (Lipinski definition) is 3. The van der Waals surface area contributed by atoms with Crippen molar-refractivity contribution in [2.75, 3.05) is 50.5 Å². The zero-order valence-corrected chi connectivity index (χ0v) is 17.1. The van der Waals surface area contributed by atoms with Crippen LogP contribution in [0.15, 0.2) is 18.2 Å². The fourth-order valence-corrected chi connectivity index (χ4v) is 3.40. The maximum atomic E-state index is 12.9. The maximum Gasteiger partial charge on any atom is 0.253 e. The molecule has 1 aromatic carbocycles. The Labute approximate surface area is 163 Å². The molecule has 6 heteroatoms. The Hall–Kier alpha value is -2.08. The first kappa shape index (κ1) is 21.2. The van der Waals surface area contributed by atoms with Crippen molar-refractivity contribution in [3.05, 3.63) is 23.8 Å². The van der Waals surface area contributed by atoms with Crippen molar-refractivity contribution in [3.63, 3.8) is 0 Å².